The summed E-state index contributed by atoms with van der Waals surface area (Å²) in [5.41, 5.74) is 1.33. The van der Waals surface area contributed by atoms with Gasteiger partial charge >= 0.3 is 5.97 Å². The van der Waals surface area contributed by atoms with Crippen LogP contribution in [-0.2, 0) is 11.3 Å². The lowest BCUT2D eigenvalue weighted by molar-refractivity contribution is 0.0606. The molecule has 3 rings (SSSR count). The molecule has 2 aromatic rings. The fraction of sp³-hybridized carbons (Fsp3) is 0.444. The molecule has 0 spiro atoms. The van der Waals surface area contributed by atoms with E-state index in [0.29, 0.717) is 10.9 Å². The molecule has 0 bridgehead atoms. The smallest absolute Gasteiger partial charge is 0.351 e. The van der Waals surface area contributed by atoms with Gasteiger partial charge in [-0.1, -0.05) is 53.3 Å². The van der Waals surface area contributed by atoms with Gasteiger partial charge in [-0.05, 0) is 18.9 Å². The van der Waals surface area contributed by atoms with Gasteiger partial charge in [0, 0.05) is 32.2 Å². The molecular formula is C18H22ClN3O2S. The normalized spacial score (nSPS) is 18.8. The zero-order valence-corrected chi connectivity index (χ0v) is 16.0. The molecule has 1 unspecified atom stereocenters. The number of nitrogens with zero attached hydrogens (tertiary/aromatic N) is 3. The van der Waals surface area contributed by atoms with Gasteiger partial charge in [-0.3, -0.25) is 4.90 Å². The highest BCUT2D eigenvalue weighted by atomic mass is 35.5. The van der Waals surface area contributed by atoms with E-state index in [1.165, 1.54) is 24.0 Å². The number of carbonyl (C=O) groups excluding carboxylic acids is 1. The maximum Gasteiger partial charge on any atom is 0.351 e. The number of ether oxygens (including phenoxy) is 1. The maximum absolute atomic E-state index is 11.7. The van der Waals surface area contributed by atoms with Crippen molar-refractivity contribution < 1.29 is 9.53 Å². The van der Waals surface area contributed by atoms with E-state index in [1.54, 1.807) is 0 Å². The van der Waals surface area contributed by atoms with Crippen LogP contribution >= 0.6 is 22.9 Å². The van der Waals surface area contributed by atoms with Crippen molar-refractivity contribution in [3.8, 4) is 0 Å². The van der Waals surface area contributed by atoms with Crippen molar-refractivity contribution in [2.24, 2.45) is 0 Å². The highest BCUT2D eigenvalue weighted by Gasteiger charge is 2.25. The van der Waals surface area contributed by atoms with Crippen molar-refractivity contribution in [2.75, 3.05) is 31.6 Å². The van der Waals surface area contributed by atoms with Gasteiger partial charge in [0.05, 0.1) is 7.11 Å². The topological polar surface area (TPSA) is 45.7 Å². The second kappa shape index (κ2) is 8.17. The fourth-order valence-corrected chi connectivity index (χ4v) is 4.25. The van der Waals surface area contributed by atoms with Gasteiger partial charge in [-0.25, -0.2) is 9.78 Å². The summed E-state index contributed by atoms with van der Waals surface area (Å²) in [6, 6.07) is 11.0. The van der Waals surface area contributed by atoms with Gasteiger partial charge in [0.1, 0.15) is 0 Å². The predicted molar refractivity (Wildman–Crippen MR) is 102 cm³/mol. The third kappa shape index (κ3) is 4.32. The van der Waals surface area contributed by atoms with Crippen LogP contribution in [0.2, 0.25) is 5.15 Å². The minimum absolute atomic E-state index is 0.227. The van der Waals surface area contributed by atoms with Gasteiger partial charge < -0.3 is 9.64 Å². The Hall–Kier alpha value is -1.63. The summed E-state index contributed by atoms with van der Waals surface area (Å²) in [4.78, 5) is 21.2. The number of rotatable bonds is 4. The van der Waals surface area contributed by atoms with E-state index in [-0.39, 0.29) is 5.15 Å². The highest BCUT2D eigenvalue weighted by molar-refractivity contribution is 7.18. The zero-order valence-electron chi connectivity index (χ0n) is 14.4. The summed E-state index contributed by atoms with van der Waals surface area (Å²) < 4.78 is 4.76. The molecular weight excluding hydrogens is 358 g/mol. The second-order valence-electron chi connectivity index (χ2n) is 6.19. The van der Waals surface area contributed by atoms with Gasteiger partial charge in [0.25, 0.3) is 0 Å². The number of hydrogen-bond acceptors (Lipinski definition) is 6. The minimum Gasteiger partial charge on any atom is -0.465 e. The molecule has 1 aliphatic heterocycles. The van der Waals surface area contributed by atoms with E-state index < -0.39 is 5.97 Å². The van der Waals surface area contributed by atoms with Gasteiger partial charge in [0.15, 0.2) is 15.2 Å². The molecule has 7 heteroatoms. The average Bonchev–Trinajstić information content (AvgIpc) is 2.92. The van der Waals surface area contributed by atoms with Crippen molar-refractivity contribution in [1.29, 1.82) is 0 Å². The number of methoxy groups -OCH3 is 1. The lowest BCUT2D eigenvalue weighted by Gasteiger charge is -2.26. The molecule has 134 valence electrons. The Kier molecular flexibility index (Phi) is 5.93. The summed E-state index contributed by atoms with van der Waals surface area (Å²) in [6.45, 7) is 5.92. The molecule has 1 fully saturated rings. The molecule has 0 radical (unpaired) electrons. The van der Waals surface area contributed by atoms with Crippen molar-refractivity contribution in [2.45, 2.75) is 25.9 Å². The van der Waals surface area contributed by atoms with Crippen LogP contribution in [0.3, 0.4) is 0 Å². The highest BCUT2D eigenvalue weighted by Crippen LogP contribution is 2.31. The zero-order chi connectivity index (χ0) is 17.8. The van der Waals surface area contributed by atoms with Crippen molar-refractivity contribution in [1.82, 2.24) is 9.88 Å². The fourth-order valence-electron chi connectivity index (χ4n) is 3.00. The van der Waals surface area contributed by atoms with Crippen LogP contribution in [0, 0.1) is 0 Å². The standard InChI is InChI=1S/C18H22ClN3O2S/c1-13-8-9-21(18-20-16(19)15(25-18)17(23)24-2)10-11-22(13)12-14-6-4-3-5-7-14/h3-7,13H,8-12H2,1-2H3. The number of anilines is 1. The van der Waals surface area contributed by atoms with Crippen LogP contribution in [0.5, 0.6) is 0 Å². The third-order valence-corrected chi connectivity index (χ3v) is 6.02. The number of aromatic nitrogens is 1. The van der Waals surface area contributed by atoms with Crippen LogP contribution < -0.4 is 4.90 Å². The minimum atomic E-state index is -0.428. The molecule has 0 amide bonds. The Balaban J connectivity index is 1.69. The monoisotopic (exact) mass is 379 g/mol. The Morgan fingerprint density at radius 1 is 1.32 bits per heavy atom. The first-order valence-corrected chi connectivity index (χ1v) is 9.55. The van der Waals surface area contributed by atoms with Crippen molar-refractivity contribution in [3.05, 3.63) is 45.9 Å². The van der Waals surface area contributed by atoms with Crippen LogP contribution in [0.1, 0.15) is 28.6 Å². The first-order valence-electron chi connectivity index (χ1n) is 8.36. The van der Waals surface area contributed by atoms with Crippen molar-refractivity contribution in [3.63, 3.8) is 0 Å². The van der Waals surface area contributed by atoms with Gasteiger partial charge in [-0.2, -0.15) is 0 Å². The Labute approximate surface area is 157 Å². The van der Waals surface area contributed by atoms with E-state index in [4.69, 9.17) is 16.3 Å². The molecule has 5 nitrogen and oxygen atoms in total. The van der Waals surface area contributed by atoms with Crippen LogP contribution in [0.25, 0.3) is 0 Å². The summed E-state index contributed by atoms with van der Waals surface area (Å²) in [6.07, 6.45) is 1.04. The second-order valence-corrected chi connectivity index (χ2v) is 7.52. The molecule has 0 aliphatic carbocycles. The molecule has 1 aromatic heterocycles. The summed E-state index contributed by atoms with van der Waals surface area (Å²) in [5, 5.41) is 1.02. The van der Waals surface area contributed by atoms with Crippen LogP contribution in [-0.4, -0.2) is 48.6 Å². The Morgan fingerprint density at radius 2 is 2.08 bits per heavy atom. The summed E-state index contributed by atoms with van der Waals surface area (Å²) in [7, 11) is 1.35. The Morgan fingerprint density at radius 3 is 2.80 bits per heavy atom. The van der Waals surface area contributed by atoms with Gasteiger partial charge in [-0.15, -0.1) is 0 Å². The Bertz CT molecular complexity index is 722. The SMILES string of the molecule is COC(=O)c1sc(N2CCC(C)N(Cc3ccccc3)CC2)nc1Cl. The summed E-state index contributed by atoms with van der Waals surface area (Å²) >= 11 is 7.41. The number of hydrogen-bond donors (Lipinski definition) is 0. The molecule has 1 saturated heterocycles. The quantitative estimate of drug-likeness (QED) is 0.758. The third-order valence-electron chi connectivity index (χ3n) is 4.54. The lowest BCUT2D eigenvalue weighted by Crippen LogP contribution is -2.34. The molecule has 1 aromatic carbocycles. The molecule has 2 heterocycles. The van der Waals surface area contributed by atoms with E-state index in [0.717, 1.165) is 37.7 Å². The number of halogens is 1. The van der Waals surface area contributed by atoms with Crippen molar-refractivity contribution >= 4 is 34.0 Å². The van der Waals surface area contributed by atoms with E-state index in [9.17, 15) is 4.79 Å². The average molecular weight is 380 g/mol. The first kappa shape index (κ1) is 18.2. The largest absolute Gasteiger partial charge is 0.465 e. The lowest BCUT2D eigenvalue weighted by atomic mass is 10.1. The summed E-state index contributed by atoms with van der Waals surface area (Å²) in [5.74, 6) is -0.428. The van der Waals surface area contributed by atoms with Crippen LogP contribution in [0.15, 0.2) is 30.3 Å². The number of carbonyl (C=O) groups is 1. The predicted octanol–water partition coefficient (Wildman–Crippen LogP) is 3.68. The van der Waals surface area contributed by atoms with E-state index >= 15 is 0 Å². The maximum atomic E-state index is 11.7. The van der Waals surface area contributed by atoms with E-state index in [1.807, 2.05) is 6.07 Å². The molecule has 0 saturated carbocycles. The molecule has 0 N–H and O–H groups in total. The first-order chi connectivity index (χ1) is 12.1. The molecule has 1 atom stereocenters. The number of thiazole rings is 1. The number of esters is 1. The molecule has 25 heavy (non-hydrogen) atoms. The molecule has 1 aliphatic rings. The van der Waals surface area contributed by atoms with Crippen LogP contribution in [0.4, 0.5) is 5.13 Å². The van der Waals surface area contributed by atoms with E-state index in [2.05, 4.69) is 46.0 Å². The number of benzene rings is 1. The van der Waals surface area contributed by atoms with Gasteiger partial charge in [0.2, 0.25) is 0 Å².